The zero-order valence-electron chi connectivity index (χ0n) is 10.9. The first kappa shape index (κ1) is 13.1. The maximum atomic E-state index is 12.0. The molecule has 0 spiro atoms. The summed E-state index contributed by atoms with van der Waals surface area (Å²) >= 11 is 0. The number of rotatable bonds is 3. The number of carboxylic acids is 1. The molecule has 2 aromatic rings. The van der Waals surface area contributed by atoms with E-state index in [1.165, 1.54) is 6.07 Å². The standard InChI is InChI=1S/C15H15NO3/c1-3-11-9-12(17)13(15(18)19)14(16(11)2)10-7-5-4-6-8-10/h4-9H,3H2,1-2H3,(H,18,19). The van der Waals surface area contributed by atoms with Crippen molar-refractivity contribution in [2.75, 3.05) is 0 Å². The summed E-state index contributed by atoms with van der Waals surface area (Å²) in [4.78, 5) is 23.3. The first-order chi connectivity index (χ1) is 9.06. The van der Waals surface area contributed by atoms with Gasteiger partial charge in [0.25, 0.3) is 0 Å². The lowest BCUT2D eigenvalue weighted by Crippen LogP contribution is -2.22. The molecule has 0 saturated carbocycles. The van der Waals surface area contributed by atoms with Crippen molar-refractivity contribution in [1.82, 2.24) is 4.57 Å². The van der Waals surface area contributed by atoms with Crippen LogP contribution in [0.1, 0.15) is 23.0 Å². The van der Waals surface area contributed by atoms with Crippen LogP contribution in [0.5, 0.6) is 0 Å². The molecule has 1 aromatic carbocycles. The van der Waals surface area contributed by atoms with Crippen LogP contribution in [0.25, 0.3) is 11.3 Å². The molecule has 0 fully saturated rings. The Hall–Kier alpha value is -2.36. The van der Waals surface area contributed by atoms with Crippen LogP contribution < -0.4 is 5.43 Å². The number of hydrogen-bond donors (Lipinski definition) is 1. The van der Waals surface area contributed by atoms with Gasteiger partial charge in [0.05, 0.1) is 5.69 Å². The molecular weight excluding hydrogens is 242 g/mol. The Morgan fingerprint density at radius 2 is 1.89 bits per heavy atom. The average molecular weight is 257 g/mol. The van der Waals surface area contributed by atoms with Crippen molar-refractivity contribution in [3.8, 4) is 11.3 Å². The fourth-order valence-electron chi connectivity index (χ4n) is 2.23. The predicted molar refractivity (Wildman–Crippen MR) is 73.5 cm³/mol. The number of pyridine rings is 1. The minimum absolute atomic E-state index is 0.175. The minimum Gasteiger partial charge on any atom is -0.477 e. The van der Waals surface area contributed by atoms with Gasteiger partial charge in [-0.1, -0.05) is 37.3 Å². The lowest BCUT2D eigenvalue weighted by Gasteiger charge is -2.16. The first-order valence-electron chi connectivity index (χ1n) is 6.07. The number of nitrogens with zero attached hydrogens (tertiary/aromatic N) is 1. The Kier molecular flexibility index (Phi) is 3.51. The molecule has 4 nitrogen and oxygen atoms in total. The van der Waals surface area contributed by atoms with E-state index in [0.29, 0.717) is 12.1 Å². The van der Waals surface area contributed by atoms with Crippen molar-refractivity contribution in [1.29, 1.82) is 0 Å². The van der Waals surface area contributed by atoms with Crippen molar-refractivity contribution in [2.45, 2.75) is 13.3 Å². The highest BCUT2D eigenvalue weighted by Gasteiger charge is 2.19. The third-order valence-corrected chi connectivity index (χ3v) is 3.17. The molecule has 1 aromatic heterocycles. The largest absolute Gasteiger partial charge is 0.477 e. The van der Waals surface area contributed by atoms with Crippen LogP contribution in [0.4, 0.5) is 0 Å². The lowest BCUT2D eigenvalue weighted by molar-refractivity contribution is 0.0695. The molecule has 2 rings (SSSR count). The molecule has 0 atom stereocenters. The van der Waals surface area contributed by atoms with Crippen molar-refractivity contribution >= 4 is 5.97 Å². The van der Waals surface area contributed by atoms with E-state index in [-0.39, 0.29) is 5.56 Å². The summed E-state index contributed by atoms with van der Waals surface area (Å²) in [6.45, 7) is 1.93. The van der Waals surface area contributed by atoms with Crippen LogP contribution in [-0.4, -0.2) is 15.6 Å². The number of aromatic nitrogens is 1. The molecule has 19 heavy (non-hydrogen) atoms. The topological polar surface area (TPSA) is 59.3 Å². The van der Waals surface area contributed by atoms with E-state index in [0.717, 1.165) is 11.3 Å². The zero-order valence-corrected chi connectivity index (χ0v) is 10.9. The summed E-state index contributed by atoms with van der Waals surface area (Å²) in [5.74, 6) is -1.19. The van der Waals surface area contributed by atoms with E-state index < -0.39 is 11.4 Å². The molecule has 1 heterocycles. The third-order valence-electron chi connectivity index (χ3n) is 3.17. The Labute approximate surface area is 110 Å². The maximum absolute atomic E-state index is 12.0. The second-order valence-electron chi connectivity index (χ2n) is 4.31. The van der Waals surface area contributed by atoms with Gasteiger partial charge in [-0.25, -0.2) is 4.79 Å². The van der Waals surface area contributed by atoms with Gasteiger partial charge < -0.3 is 9.67 Å². The lowest BCUT2D eigenvalue weighted by atomic mass is 10.0. The Morgan fingerprint density at radius 3 is 2.42 bits per heavy atom. The number of aromatic carboxylic acids is 1. The summed E-state index contributed by atoms with van der Waals surface area (Å²) in [6.07, 6.45) is 0.672. The number of carbonyl (C=O) groups is 1. The van der Waals surface area contributed by atoms with Crippen LogP contribution in [0, 0.1) is 0 Å². The highest BCUT2D eigenvalue weighted by atomic mass is 16.4. The molecule has 0 unspecified atom stereocenters. The SMILES string of the molecule is CCc1cc(=O)c(C(=O)O)c(-c2ccccc2)n1C. The van der Waals surface area contributed by atoms with Crippen LogP contribution in [-0.2, 0) is 13.5 Å². The summed E-state index contributed by atoms with van der Waals surface area (Å²) in [5.41, 5.74) is 1.38. The molecule has 0 aliphatic heterocycles. The monoisotopic (exact) mass is 257 g/mol. The van der Waals surface area contributed by atoms with E-state index in [9.17, 15) is 14.7 Å². The molecule has 0 aliphatic carbocycles. The van der Waals surface area contributed by atoms with E-state index >= 15 is 0 Å². The number of aryl methyl sites for hydroxylation is 1. The van der Waals surface area contributed by atoms with Crippen molar-refractivity contribution in [3.05, 3.63) is 57.9 Å². The Bertz CT molecular complexity index is 672. The van der Waals surface area contributed by atoms with Crippen LogP contribution in [0.3, 0.4) is 0 Å². The molecule has 0 saturated heterocycles. The normalized spacial score (nSPS) is 10.4. The number of carboxylic acid groups (broad SMARTS) is 1. The average Bonchev–Trinajstić information content (AvgIpc) is 2.41. The molecule has 0 amide bonds. The number of benzene rings is 1. The Balaban J connectivity index is 2.87. The molecule has 4 heteroatoms. The molecule has 98 valence electrons. The first-order valence-corrected chi connectivity index (χ1v) is 6.07. The van der Waals surface area contributed by atoms with E-state index in [1.54, 1.807) is 23.7 Å². The molecule has 0 bridgehead atoms. The quantitative estimate of drug-likeness (QED) is 0.917. The summed E-state index contributed by atoms with van der Waals surface area (Å²) in [6, 6.07) is 10.5. The van der Waals surface area contributed by atoms with Gasteiger partial charge in [0.2, 0.25) is 0 Å². The fraction of sp³-hybridized carbons (Fsp3) is 0.200. The minimum atomic E-state index is -1.19. The van der Waals surface area contributed by atoms with Gasteiger partial charge >= 0.3 is 5.97 Å². The van der Waals surface area contributed by atoms with Gasteiger partial charge in [-0.05, 0) is 12.0 Å². The Morgan fingerprint density at radius 1 is 1.26 bits per heavy atom. The second-order valence-corrected chi connectivity index (χ2v) is 4.31. The summed E-state index contributed by atoms with van der Waals surface area (Å²) < 4.78 is 1.78. The maximum Gasteiger partial charge on any atom is 0.341 e. The van der Waals surface area contributed by atoms with Gasteiger partial charge in [0.1, 0.15) is 5.56 Å². The van der Waals surface area contributed by atoms with Gasteiger partial charge in [0.15, 0.2) is 5.43 Å². The molecule has 0 radical (unpaired) electrons. The van der Waals surface area contributed by atoms with Gasteiger partial charge in [0, 0.05) is 18.8 Å². The van der Waals surface area contributed by atoms with Gasteiger partial charge in [-0.15, -0.1) is 0 Å². The van der Waals surface area contributed by atoms with Crippen LogP contribution in [0.2, 0.25) is 0 Å². The van der Waals surface area contributed by atoms with Crippen LogP contribution >= 0.6 is 0 Å². The summed E-state index contributed by atoms with van der Waals surface area (Å²) in [7, 11) is 1.78. The fourth-order valence-corrected chi connectivity index (χ4v) is 2.23. The van der Waals surface area contributed by atoms with Gasteiger partial charge in [-0.3, -0.25) is 4.79 Å². The second kappa shape index (κ2) is 5.10. The highest BCUT2D eigenvalue weighted by Crippen LogP contribution is 2.22. The predicted octanol–water partition coefficient (Wildman–Crippen LogP) is 2.31. The van der Waals surface area contributed by atoms with Crippen molar-refractivity contribution in [2.24, 2.45) is 7.05 Å². The summed E-state index contributed by atoms with van der Waals surface area (Å²) in [5, 5.41) is 9.28. The van der Waals surface area contributed by atoms with Crippen molar-refractivity contribution < 1.29 is 9.90 Å². The molecule has 0 aliphatic rings. The number of hydrogen-bond acceptors (Lipinski definition) is 2. The third kappa shape index (κ3) is 2.29. The van der Waals surface area contributed by atoms with E-state index in [1.807, 2.05) is 25.1 Å². The van der Waals surface area contributed by atoms with E-state index in [4.69, 9.17) is 0 Å². The van der Waals surface area contributed by atoms with Gasteiger partial charge in [-0.2, -0.15) is 0 Å². The molecular formula is C15H15NO3. The van der Waals surface area contributed by atoms with Crippen molar-refractivity contribution in [3.63, 3.8) is 0 Å². The van der Waals surface area contributed by atoms with Crippen LogP contribution in [0.15, 0.2) is 41.2 Å². The molecule has 1 N–H and O–H groups in total. The highest BCUT2D eigenvalue weighted by molar-refractivity contribution is 5.94. The zero-order chi connectivity index (χ0) is 14.0. The van der Waals surface area contributed by atoms with E-state index in [2.05, 4.69) is 0 Å². The smallest absolute Gasteiger partial charge is 0.341 e.